The largest absolute Gasteiger partial charge is 0.481 e. The number of anilines is 1. The van der Waals surface area contributed by atoms with Gasteiger partial charge in [-0.3, -0.25) is 10.1 Å². The molecule has 0 saturated heterocycles. The number of aliphatic carboxylic acids is 1. The fourth-order valence-corrected chi connectivity index (χ4v) is 2.46. The molecule has 7 nitrogen and oxygen atoms in total. The first-order valence-corrected chi connectivity index (χ1v) is 7.83. The summed E-state index contributed by atoms with van der Waals surface area (Å²) >= 11 is 1.36. The van der Waals surface area contributed by atoms with Crippen molar-refractivity contribution in [1.82, 2.24) is 15.1 Å². The molecule has 0 aliphatic heterocycles. The summed E-state index contributed by atoms with van der Waals surface area (Å²) in [6.45, 7) is 3.84. The van der Waals surface area contributed by atoms with Crippen molar-refractivity contribution in [3.05, 3.63) is 5.01 Å². The molecule has 1 aromatic rings. The third kappa shape index (κ3) is 6.07. The Morgan fingerprint density at radius 3 is 2.71 bits per heavy atom. The zero-order valence-corrected chi connectivity index (χ0v) is 13.4. The first kappa shape index (κ1) is 17.4. The van der Waals surface area contributed by atoms with Crippen LogP contribution >= 0.6 is 11.3 Å². The first-order chi connectivity index (χ1) is 9.93. The highest BCUT2D eigenvalue weighted by Crippen LogP contribution is 2.18. The zero-order chi connectivity index (χ0) is 15.8. The lowest BCUT2D eigenvalue weighted by Gasteiger charge is -2.18. The van der Waals surface area contributed by atoms with E-state index in [0.717, 1.165) is 30.7 Å². The molecule has 1 heterocycles. The molecular weight excluding hydrogens is 292 g/mol. The average molecular weight is 314 g/mol. The van der Waals surface area contributed by atoms with Crippen molar-refractivity contribution in [1.29, 1.82) is 0 Å². The minimum absolute atomic E-state index is 0.142. The van der Waals surface area contributed by atoms with Gasteiger partial charge in [-0.15, -0.1) is 10.2 Å². The molecule has 1 unspecified atom stereocenters. The molecule has 0 aliphatic rings. The van der Waals surface area contributed by atoms with Crippen LogP contribution in [0.1, 0.15) is 38.1 Å². The summed E-state index contributed by atoms with van der Waals surface area (Å²) in [4.78, 5) is 24.0. The highest BCUT2D eigenvalue weighted by molar-refractivity contribution is 7.15. The highest BCUT2D eigenvalue weighted by Gasteiger charge is 2.18. The van der Waals surface area contributed by atoms with E-state index in [1.807, 2.05) is 0 Å². The van der Waals surface area contributed by atoms with Gasteiger partial charge >= 0.3 is 12.0 Å². The predicted molar refractivity (Wildman–Crippen MR) is 81.6 cm³/mol. The van der Waals surface area contributed by atoms with E-state index in [2.05, 4.69) is 22.4 Å². The van der Waals surface area contributed by atoms with Gasteiger partial charge in [0.25, 0.3) is 0 Å². The normalized spacial score (nSPS) is 12.0. The number of urea groups is 1. The average Bonchev–Trinajstić information content (AvgIpc) is 2.86. The first-order valence-electron chi connectivity index (χ1n) is 7.01. The molecule has 1 rings (SSSR count). The Kier molecular flexibility index (Phi) is 7.07. The third-order valence-corrected chi connectivity index (χ3v) is 3.89. The number of nitrogens with zero attached hydrogens (tertiary/aromatic N) is 3. The summed E-state index contributed by atoms with van der Waals surface area (Å²) in [5.41, 5.74) is 0. The minimum atomic E-state index is -0.927. The number of unbranched alkanes of at least 4 members (excludes halogenated alkanes) is 2. The molecule has 2 amide bonds. The smallest absolute Gasteiger partial charge is 0.323 e. The van der Waals surface area contributed by atoms with E-state index < -0.39 is 11.9 Å². The molecule has 0 fully saturated rings. The van der Waals surface area contributed by atoms with Crippen LogP contribution in [-0.4, -0.2) is 45.8 Å². The standard InChI is InChI=1S/C13H22N4O3S/c1-4-5-6-7-10-15-16-12(21-10)14-13(20)17(3)8-9(2)11(18)19/h9H,4-8H2,1-3H3,(H,18,19)(H,14,16,20). The van der Waals surface area contributed by atoms with Crippen molar-refractivity contribution in [2.45, 2.75) is 39.5 Å². The molecule has 0 radical (unpaired) electrons. The number of hydrogen-bond acceptors (Lipinski definition) is 5. The van der Waals surface area contributed by atoms with Crippen LogP contribution in [0.5, 0.6) is 0 Å². The third-order valence-electron chi connectivity index (χ3n) is 2.99. The van der Waals surface area contributed by atoms with Gasteiger partial charge in [-0.05, 0) is 6.42 Å². The van der Waals surface area contributed by atoms with Gasteiger partial charge in [0.05, 0.1) is 5.92 Å². The van der Waals surface area contributed by atoms with Gasteiger partial charge in [-0.25, -0.2) is 4.79 Å². The van der Waals surface area contributed by atoms with Crippen molar-refractivity contribution >= 4 is 28.5 Å². The minimum Gasteiger partial charge on any atom is -0.481 e. The Labute approximate surface area is 128 Å². The van der Waals surface area contributed by atoms with Gasteiger partial charge in [-0.2, -0.15) is 0 Å². The molecule has 1 aromatic heterocycles. The number of rotatable bonds is 8. The SMILES string of the molecule is CCCCCc1nnc(NC(=O)N(C)CC(C)C(=O)O)s1. The van der Waals surface area contributed by atoms with Crippen LogP contribution < -0.4 is 5.32 Å². The number of carbonyl (C=O) groups excluding carboxylic acids is 1. The lowest BCUT2D eigenvalue weighted by Crippen LogP contribution is -2.36. The molecule has 0 spiro atoms. The van der Waals surface area contributed by atoms with Crippen molar-refractivity contribution in [3.8, 4) is 0 Å². The Morgan fingerprint density at radius 2 is 2.10 bits per heavy atom. The summed E-state index contributed by atoms with van der Waals surface area (Å²) in [7, 11) is 1.55. The van der Waals surface area contributed by atoms with Gasteiger partial charge in [0.15, 0.2) is 0 Å². The van der Waals surface area contributed by atoms with Gasteiger partial charge < -0.3 is 10.0 Å². The van der Waals surface area contributed by atoms with E-state index in [-0.39, 0.29) is 12.6 Å². The number of carboxylic acids is 1. The second-order valence-electron chi connectivity index (χ2n) is 5.01. The van der Waals surface area contributed by atoms with E-state index in [9.17, 15) is 9.59 Å². The van der Waals surface area contributed by atoms with Crippen molar-refractivity contribution < 1.29 is 14.7 Å². The van der Waals surface area contributed by atoms with Crippen molar-refractivity contribution in [2.75, 3.05) is 18.9 Å². The number of aromatic nitrogens is 2. The lowest BCUT2D eigenvalue weighted by atomic mass is 10.2. The zero-order valence-electron chi connectivity index (χ0n) is 12.6. The van der Waals surface area contributed by atoms with E-state index in [1.165, 1.54) is 16.2 Å². The van der Waals surface area contributed by atoms with Crippen LogP contribution in [0, 0.1) is 5.92 Å². The lowest BCUT2D eigenvalue weighted by molar-refractivity contribution is -0.141. The monoisotopic (exact) mass is 314 g/mol. The van der Waals surface area contributed by atoms with Gasteiger partial charge in [0, 0.05) is 20.0 Å². The Morgan fingerprint density at radius 1 is 1.38 bits per heavy atom. The maximum atomic E-state index is 11.9. The molecule has 2 N–H and O–H groups in total. The maximum Gasteiger partial charge on any atom is 0.323 e. The molecule has 21 heavy (non-hydrogen) atoms. The van der Waals surface area contributed by atoms with Crippen LogP contribution in [-0.2, 0) is 11.2 Å². The van der Waals surface area contributed by atoms with Crippen molar-refractivity contribution in [2.24, 2.45) is 5.92 Å². The molecule has 0 bridgehead atoms. The van der Waals surface area contributed by atoms with Crippen LogP contribution in [0.15, 0.2) is 0 Å². The molecular formula is C13H22N4O3S. The Balaban J connectivity index is 2.45. The second kappa shape index (κ2) is 8.56. The fourth-order valence-electron chi connectivity index (χ4n) is 1.69. The molecule has 0 saturated carbocycles. The van der Waals surface area contributed by atoms with E-state index in [1.54, 1.807) is 14.0 Å². The molecule has 118 valence electrons. The highest BCUT2D eigenvalue weighted by atomic mass is 32.1. The summed E-state index contributed by atoms with van der Waals surface area (Å²) < 4.78 is 0. The van der Waals surface area contributed by atoms with Gasteiger partial charge in [0.2, 0.25) is 5.13 Å². The van der Waals surface area contributed by atoms with Crippen LogP contribution in [0.25, 0.3) is 0 Å². The molecule has 1 atom stereocenters. The number of hydrogen-bond donors (Lipinski definition) is 2. The second-order valence-corrected chi connectivity index (χ2v) is 6.07. The summed E-state index contributed by atoms with van der Waals surface area (Å²) in [5.74, 6) is -1.54. The fraction of sp³-hybridized carbons (Fsp3) is 0.692. The van der Waals surface area contributed by atoms with E-state index in [4.69, 9.17) is 5.11 Å². The predicted octanol–water partition coefficient (Wildman–Crippen LogP) is 2.46. The summed E-state index contributed by atoms with van der Waals surface area (Å²) in [5, 5.41) is 20.8. The Hall–Kier alpha value is -1.70. The number of amides is 2. The number of aryl methyl sites for hydroxylation is 1. The summed E-state index contributed by atoms with van der Waals surface area (Å²) in [6.07, 6.45) is 4.23. The molecule has 0 aromatic carbocycles. The molecule has 0 aliphatic carbocycles. The topological polar surface area (TPSA) is 95.4 Å². The van der Waals surface area contributed by atoms with Crippen molar-refractivity contribution in [3.63, 3.8) is 0 Å². The van der Waals surface area contributed by atoms with Crippen LogP contribution in [0.3, 0.4) is 0 Å². The number of nitrogens with one attached hydrogen (secondary N) is 1. The summed E-state index contributed by atoms with van der Waals surface area (Å²) in [6, 6.07) is -0.376. The van der Waals surface area contributed by atoms with Gasteiger partial charge in [0.1, 0.15) is 5.01 Å². The van der Waals surface area contributed by atoms with Gasteiger partial charge in [-0.1, -0.05) is 38.0 Å². The quantitative estimate of drug-likeness (QED) is 0.719. The Bertz CT molecular complexity index is 478. The maximum absolute atomic E-state index is 11.9. The van der Waals surface area contributed by atoms with E-state index in [0.29, 0.717) is 5.13 Å². The molecule has 8 heteroatoms. The van der Waals surface area contributed by atoms with Crippen LogP contribution in [0.2, 0.25) is 0 Å². The number of carboxylic acid groups (broad SMARTS) is 1. The number of carbonyl (C=O) groups is 2. The van der Waals surface area contributed by atoms with E-state index >= 15 is 0 Å². The van der Waals surface area contributed by atoms with Crippen LogP contribution in [0.4, 0.5) is 9.93 Å².